The monoisotopic (exact) mass is 248 g/mol. The normalized spacial score (nSPS) is 10.4. The first-order valence-electron chi connectivity index (χ1n) is 5.48. The molecule has 0 fully saturated rings. The molecule has 0 unspecified atom stereocenters. The van der Waals surface area contributed by atoms with Gasteiger partial charge in [0.25, 0.3) is 5.91 Å². The lowest BCUT2D eigenvalue weighted by Crippen LogP contribution is -2.27. The quantitative estimate of drug-likeness (QED) is 0.839. The van der Waals surface area contributed by atoms with E-state index in [0.717, 1.165) is 11.3 Å². The van der Waals surface area contributed by atoms with E-state index in [2.05, 4.69) is 9.68 Å². The van der Waals surface area contributed by atoms with Crippen molar-refractivity contribution in [2.24, 2.45) is 0 Å². The zero-order valence-electron chi connectivity index (χ0n) is 10.2. The van der Waals surface area contributed by atoms with Crippen molar-refractivity contribution in [2.45, 2.75) is 13.6 Å². The second-order valence-electron chi connectivity index (χ2n) is 3.96. The van der Waals surface area contributed by atoms with Gasteiger partial charge in [0, 0.05) is 18.8 Å². The van der Waals surface area contributed by atoms with Crippen LogP contribution in [0.25, 0.3) is 0 Å². The number of alkyl halides is 1. The van der Waals surface area contributed by atoms with E-state index in [1.54, 1.807) is 7.05 Å². The van der Waals surface area contributed by atoms with Crippen LogP contribution in [0.4, 0.5) is 10.1 Å². The predicted molar refractivity (Wildman–Crippen MR) is 65.2 cm³/mol. The summed E-state index contributed by atoms with van der Waals surface area (Å²) in [5.41, 5.74) is 1.86. The molecule has 5 heteroatoms. The minimum Gasteiger partial charge on any atom is -0.358 e. The van der Waals surface area contributed by atoms with Crippen molar-refractivity contribution in [3.63, 3.8) is 0 Å². The van der Waals surface area contributed by atoms with Crippen molar-refractivity contribution < 1.29 is 13.7 Å². The summed E-state index contributed by atoms with van der Waals surface area (Å²) >= 11 is 0. The number of amides is 1. The van der Waals surface area contributed by atoms with Crippen LogP contribution in [0.5, 0.6) is 0 Å². The highest BCUT2D eigenvalue weighted by atomic mass is 19.1. The number of aromatic nitrogens is 1. The van der Waals surface area contributed by atoms with Crippen LogP contribution in [0.1, 0.15) is 21.8 Å². The average Bonchev–Trinajstić information content (AvgIpc) is 2.86. The molecule has 0 aliphatic carbocycles. The Labute approximate surface area is 104 Å². The molecule has 0 saturated heterocycles. The molecule has 0 saturated carbocycles. The van der Waals surface area contributed by atoms with E-state index in [0.29, 0.717) is 0 Å². The largest absolute Gasteiger partial charge is 0.358 e. The van der Waals surface area contributed by atoms with E-state index in [4.69, 9.17) is 0 Å². The summed E-state index contributed by atoms with van der Waals surface area (Å²) < 4.78 is 17.0. The van der Waals surface area contributed by atoms with Gasteiger partial charge in [0.1, 0.15) is 6.67 Å². The highest BCUT2D eigenvalue weighted by Gasteiger charge is 2.19. The lowest BCUT2D eigenvalue weighted by Gasteiger charge is -2.17. The number of nitrogens with zero attached hydrogens (tertiary/aromatic N) is 2. The van der Waals surface area contributed by atoms with E-state index in [-0.39, 0.29) is 17.4 Å². The third-order valence-electron chi connectivity index (χ3n) is 2.69. The summed E-state index contributed by atoms with van der Waals surface area (Å²) in [6, 6.07) is 8.81. The second kappa shape index (κ2) is 5.00. The molecular weight excluding hydrogens is 235 g/mol. The van der Waals surface area contributed by atoms with Gasteiger partial charge in [0.15, 0.2) is 11.5 Å². The number of benzene rings is 1. The first-order chi connectivity index (χ1) is 8.63. The maximum atomic E-state index is 12.3. The molecule has 0 aliphatic rings. The molecule has 0 atom stereocenters. The maximum Gasteiger partial charge on any atom is 0.280 e. The van der Waals surface area contributed by atoms with Crippen molar-refractivity contribution in [3.05, 3.63) is 47.3 Å². The van der Waals surface area contributed by atoms with Crippen molar-refractivity contribution in [2.75, 3.05) is 11.9 Å². The molecule has 0 radical (unpaired) electrons. The Kier molecular flexibility index (Phi) is 3.41. The van der Waals surface area contributed by atoms with E-state index in [1.165, 1.54) is 11.0 Å². The van der Waals surface area contributed by atoms with E-state index in [9.17, 15) is 9.18 Å². The Morgan fingerprint density at radius 2 is 2.17 bits per heavy atom. The average molecular weight is 248 g/mol. The number of hydrogen-bond donors (Lipinski definition) is 0. The fourth-order valence-electron chi connectivity index (χ4n) is 1.70. The number of carbonyl (C=O) groups excluding carboxylic acids is 1. The van der Waals surface area contributed by atoms with Crippen LogP contribution in [-0.2, 0) is 6.67 Å². The van der Waals surface area contributed by atoms with Gasteiger partial charge in [-0.1, -0.05) is 23.4 Å². The van der Waals surface area contributed by atoms with Gasteiger partial charge < -0.3 is 9.42 Å². The number of carbonyl (C=O) groups is 1. The standard InChI is InChI=1S/C13H13FN2O2/c1-9-5-3-4-6-12(9)16(2)13(17)11-7-10(8-14)18-15-11/h3-7H,8H2,1-2H3. The number of hydrogen-bond acceptors (Lipinski definition) is 3. The summed E-state index contributed by atoms with van der Waals surface area (Å²) in [5, 5.41) is 3.56. The Morgan fingerprint density at radius 3 is 2.78 bits per heavy atom. The number of rotatable bonds is 3. The van der Waals surface area contributed by atoms with Gasteiger partial charge in [-0.15, -0.1) is 0 Å². The van der Waals surface area contributed by atoms with Crippen LogP contribution in [0.2, 0.25) is 0 Å². The molecule has 0 bridgehead atoms. The third kappa shape index (κ3) is 2.25. The zero-order valence-corrected chi connectivity index (χ0v) is 10.2. The van der Waals surface area contributed by atoms with Crippen molar-refractivity contribution in [1.82, 2.24) is 5.16 Å². The van der Waals surface area contributed by atoms with Crippen LogP contribution < -0.4 is 4.90 Å². The summed E-state index contributed by atoms with van der Waals surface area (Å²) in [6.07, 6.45) is 0. The van der Waals surface area contributed by atoms with Gasteiger partial charge in [-0.2, -0.15) is 0 Å². The molecule has 1 aromatic heterocycles. The van der Waals surface area contributed by atoms with Gasteiger partial charge in [-0.25, -0.2) is 4.39 Å². The zero-order chi connectivity index (χ0) is 13.1. The number of anilines is 1. The van der Waals surface area contributed by atoms with Crippen LogP contribution >= 0.6 is 0 Å². The fraction of sp³-hybridized carbons (Fsp3) is 0.231. The smallest absolute Gasteiger partial charge is 0.280 e. The molecule has 18 heavy (non-hydrogen) atoms. The first-order valence-corrected chi connectivity index (χ1v) is 5.48. The SMILES string of the molecule is Cc1ccccc1N(C)C(=O)c1cc(CF)on1. The summed E-state index contributed by atoms with van der Waals surface area (Å²) in [7, 11) is 1.65. The van der Waals surface area contributed by atoms with Crippen molar-refractivity contribution in [3.8, 4) is 0 Å². The summed E-state index contributed by atoms with van der Waals surface area (Å²) in [4.78, 5) is 13.6. The molecule has 1 amide bonds. The number of aryl methyl sites for hydroxylation is 1. The highest BCUT2D eigenvalue weighted by molar-refractivity contribution is 6.04. The summed E-state index contributed by atoms with van der Waals surface area (Å²) in [6.45, 7) is 1.14. The maximum absolute atomic E-state index is 12.3. The van der Waals surface area contributed by atoms with Crippen molar-refractivity contribution >= 4 is 11.6 Å². The summed E-state index contributed by atoms with van der Waals surface area (Å²) in [5.74, 6) is -0.274. The van der Waals surface area contributed by atoms with Gasteiger partial charge in [-0.05, 0) is 18.6 Å². The highest BCUT2D eigenvalue weighted by Crippen LogP contribution is 2.20. The van der Waals surface area contributed by atoms with Crippen molar-refractivity contribution in [1.29, 1.82) is 0 Å². The molecule has 4 nitrogen and oxygen atoms in total. The van der Waals surface area contributed by atoms with E-state index in [1.807, 2.05) is 31.2 Å². The number of halogens is 1. The Hall–Kier alpha value is -2.17. The molecular formula is C13H13FN2O2. The number of para-hydroxylation sites is 1. The van der Waals surface area contributed by atoms with Gasteiger partial charge in [-0.3, -0.25) is 4.79 Å². The second-order valence-corrected chi connectivity index (χ2v) is 3.96. The van der Waals surface area contributed by atoms with Gasteiger partial charge in [0.05, 0.1) is 0 Å². The molecule has 0 aliphatic heterocycles. The molecule has 2 rings (SSSR count). The lowest BCUT2D eigenvalue weighted by molar-refractivity contribution is 0.0984. The molecule has 0 N–H and O–H groups in total. The first kappa shape index (κ1) is 12.3. The fourth-order valence-corrected chi connectivity index (χ4v) is 1.70. The Bertz CT molecular complexity index is 566. The molecule has 1 aromatic carbocycles. The van der Waals surface area contributed by atoms with Crippen LogP contribution in [0.3, 0.4) is 0 Å². The molecule has 0 spiro atoms. The van der Waals surface area contributed by atoms with Crippen LogP contribution in [0.15, 0.2) is 34.9 Å². The van der Waals surface area contributed by atoms with E-state index >= 15 is 0 Å². The molecule has 94 valence electrons. The molecule has 2 aromatic rings. The molecule has 1 heterocycles. The predicted octanol–water partition coefficient (Wildman–Crippen LogP) is 2.73. The van der Waals surface area contributed by atoms with Gasteiger partial charge in [0.2, 0.25) is 0 Å². The minimum atomic E-state index is -0.769. The van der Waals surface area contributed by atoms with Crippen LogP contribution in [0, 0.1) is 6.92 Å². The topological polar surface area (TPSA) is 46.3 Å². The third-order valence-corrected chi connectivity index (χ3v) is 2.69. The van der Waals surface area contributed by atoms with E-state index < -0.39 is 6.67 Å². The Morgan fingerprint density at radius 1 is 1.44 bits per heavy atom. The lowest BCUT2D eigenvalue weighted by atomic mass is 10.2. The van der Waals surface area contributed by atoms with Crippen LogP contribution in [-0.4, -0.2) is 18.1 Å². The minimum absolute atomic E-state index is 0.0523. The van der Waals surface area contributed by atoms with Gasteiger partial charge >= 0.3 is 0 Å². The Balaban J connectivity index is 2.26.